The zero-order valence-corrected chi connectivity index (χ0v) is 20.9. The van der Waals surface area contributed by atoms with Gasteiger partial charge in [-0.3, -0.25) is 9.10 Å². The van der Waals surface area contributed by atoms with Gasteiger partial charge in [-0.15, -0.1) is 0 Å². The molecular weight excluding hydrogens is 518 g/mol. The summed E-state index contributed by atoms with van der Waals surface area (Å²) in [7, 11) is -7.29. The van der Waals surface area contributed by atoms with Crippen LogP contribution in [-0.2, 0) is 24.8 Å². The van der Waals surface area contributed by atoms with Gasteiger partial charge in [0.2, 0.25) is 26.0 Å². The zero-order chi connectivity index (χ0) is 23.4. The Balaban J connectivity index is 1.72. The van der Waals surface area contributed by atoms with Crippen molar-refractivity contribution in [1.82, 2.24) is 4.31 Å². The van der Waals surface area contributed by atoms with Gasteiger partial charge >= 0.3 is 0 Å². The highest BCUT2D eigenvalue weighted by Gasteiger charge is 2.26. The summed E-state index contributed by atoms with van der Waals surface area (Å²) in [5, 5.41) is 2.63. The average molecular weight is 544 g/mol. The number of para-hydroxylation sites is 1. The Kier molecular flexibility index (Phi) is 7.97. The number of benzene rings is 2. The molecular formula is C21H26BrN3O5S2. The first kappa shape index (κ1) is 24.7. The first-order valence-electron chi connectivity index (χ1n) is 10.2. The van der Waals surface area contributed by atoms with Crippen LogP contribution in [0, 0.1) is 0 Å². The van der Waals surface area contributed by atoms with Gasteiger partial charge in [0.1, 0.15) is 6.54 Å². The summed E-state index contributed by atoms with van der Waals surface area (Å²) in [4.78, 5) is 12.7. The fourth-order valence-corrected chi connectivity index (χ4v) is 6.51. The molecule has 1 fully saturated rings. The van der Waals surface area contributed by atoms with E-state index in [1.54, 1.807) is 24.3 Å². The van der Waals surface area contributed by atoms with Crippen LogP contribution in [0.3, 0.4) is 0 Å². The molecule has 11 heteroatoms. The number of carbonyl (C=O) groups excluding carboxylic acids is 1. The van der Waals surface area contributed by atoms with Gasteiger partial charge in [-0.05, 0) is 65.2 Å². The van der Waals surface area contributed by atoms with Crippen LogP contribution in [-0.4, -0.2) is 52.9 Å². The van der Waals surface area contributed by atoms with Crippen LogP contribution in [0.15, 0.2) is 57.9 Å². The van der Waals surface area contributed by atoms with Crippen LogP contribution in [0.1, 0.15) is 25.7 Å². The van der Waals surface area contributed by atoms with E-state index in [0.717, 1.165) is 36.2 Å². The lowest BCUT2D eigenvalue weighted by Crippen LogP contribution is -2.37. The summed E-state index contributed by atoms with van der Waals surface area (Å²) in [6.45, 7) is 0.601. The Bertz CT molecular complexity index is 1160. The Morgan fingerprint density at radius 2 is 1.56 bits per heavy atom. The third-order valence-electron chi connectivity index (χ3n) is 5.15. The Morgan fingerprint density at radius 1 is 0.969 bits per heavy atom. The van der Waals surface area contributed by atoms with Gasteiger partial charge in [0.25, 0.3) is 0 Å². The molecule has 0 unspecified atom stereocenters. The number of hydrogen-bond donors (Lipinski definition) is 1. The number of nitrogens with one attached hydrogen (secondary N) is 1. The molecule has 174 valence electrons. The molecule has 1 saturated heterocycles. The van der Waals surface area contributed by atoms with Crippen molar-refractivity contribution in [3.05, 3.63) is 53.0 Å². The van der Waals surface area contributed by atoms with E-state index < -0.39 is 32.5 Å². The molecule has 1 N–H and O–H groups in total. The molecule has 0 saturated carbocycles. The maximum atomic E-state index is 12.9. The first-order chi connectivity index (χ1) is 15.1. The summed E-state index contributed by atoms with van der Waals surface area (Å²) < 4.78 is 53.3. The van der Waals surface area contributed by atoms with Crippen molar-refractivity contribution in [1.29, 1.82) is 0 Å². The molecule has 2 aromatic carbocycles. The number of nitrogens with zero attached hydrogens (tertiary/aromatic N) is 2. The highest BCUT2D eigenvalue weighted by Crippen LogP contribution is 2.27. The SMILES string of the molecule is CS(=O)(=O)N(CC(=O)Nc1ccc(S(=O)(=O)N2CCCCCC2)cc1)c1ccccc1Br. The molecule has 1 heterocycles. The zero-order valence-electron chi connectivity index (χ0n) is 17.7. The second-order valence-corrected chi connectivity index (χ2v) is 12.3. The highest BCUT2D eigenvalue weighted by molar-refractivity contribution is 9.10. The van der Waals surface area contributed by atoms with Gasteiger partial charge in [0, 0.05) is 23.2 Å². The van der Waals surface area contributed by atoms with E-state index >= 15 is 0 Å². The quantitative estimate of drug-likeness (QED) is 0.576. The minimum absolute atomic E-state index is 0.170. The lowest BCUT2D eigenvalue weighted by Gasteiger charge is -2.23. The molecule has 0 atom stereocenters. The maximum Gasteiger partial charge on any atom is 0.245 e. The van der Waals surface area contributed by atoms with Gasteiger partial charge < -0.3 is 5.32 Å². The fourth-order valence-electron chi connectivity index (χ4n) is 3.51. The Morgan fingerprint density at radius 3 is 2.12 bits per heavy atom. The fraction of sp³-hybridized carbons (Fsp3) is 0.381. The van der Waals surface area contributed by atoms with Crippen molar-refractivity contribution in [2.75, 3.05) is 35.5 Å². The smallest absolute Gasteiger partial charge is 0.245 e. The van der Waals surface area contributed by atoms with E-state index in [4.69, 9.17) is 0 Å². The minimum atomic E-state index is -3.71. The van der Waals surface area contributed by atoms with Crippen LogP contribution in [0.25, 0.3) is 0 Å². The van der Waals surface area contributed by atoms with Crippen LogP contribution >= 0.6 is 15.9 Å². The van der Waals surface area contributed by atoms with Gasteiger partial charge in [-0.25, -0.2) is 16.8 Å². The largest absolute Gasteiger partial charge is 0.325 e. The molecule has 0 bridgehead atoms. The molecule has 1 amide bonds. The van der Waals surface area contributed by atoms with Gasteiger partial charge in [0.15, 0.2) is 0 Å². The van der Waals surface area contributed by atoms with Crippen LogP contribution in [0.5, 0.6) is 0 Å². The molecule has 1 aliphatic rings. The molecule has 3 rings (SSSR count). The first-order valence-corrected chi connectivity index (χ1v) is 14.3. The molecule has 32 heavy (non-hydrogen) atoms. The van der Waals surface area contributed by atoms with Gasteiger partial charge in [-0.1, -0.05) is 25.0 Å². The van der Waals surface area contributed by atoms with Crippen molar-refractivity contribution in [3.63, 3.8) is 0 Å². The van der Waals surface area contributed by atoms with E-state index in [0.29, 0.717) is 28.9 Å². The predicted molar refractivity (Wildman–Crippen MR) is 129 cm³/mol. The summed E-state index contributed by atoms with van der Waals surface area (Å²) in [5.74, 6) is -0.547. The molecule has 0 spiro atoms. The van der Waals surface area contributed by atoms with E-state index in [9.17, 15) is 21.6 Å². The third kappa shape index (κ3) is 6.09. The standard InChI is InChI=1S/C21H26BrN3O5S2/c1-31(27,28)25(20-9-5-4-8-19(20)22)16-21(26)23-17-10-12-18(13-11-17)32(29,30)24-14-6-2-3-7-15-24/h4-5,8-13H,2-3,6-7,14-16H2,1H3,(H,23,26). The van der Waals surface area contributed by atoms with Crippen molar-refractivity contribution >= 4 is 53.3 Å². The van der Waals surface area contributed by atoms with Crippen LogP contribution in [0.4, 0.5) is 11.4 Å². The maximum absolute atomic E-state index is 12.9. The van der Waals surface area contributed by atoms with Gasteiger partial charge in [0.05, 0.1) is 16.8 Å². The topological polar surface area (TPSA) is 104 Å². The third-order valence-corrected chi connectivity index (χ3v) is 8.86. The van der Waals surface area contributed by atoms with Crippen LogP contribution < -0.4 is 9.62 Å². The van der Waals surface area contributed by atoms with E-state index in [2.05, 4.69) is 21.2 Å². The lowest BCUT2D eigenvalue weighted by molar-refractivity contribution is -0.114. The van der Waals surface area contributed by atoms with Crippen molar-refractivity contribution in [2.24, 2.45) is 0 Å². The molecule has 2 aromatic rings. The monoisotopic (exact) mass is 543 g/mol. The van der Waals surface area contributed by atoms with E-state index in [-0.39, 0.29) is 4.90 Å². The predicted octanol–water partition coefficient (Wildman–Crippen LogP) is 3.42. The second-order valence-electron chi connectivity index (χ2n) is 7.61. The molecule has 8 nitrogen and oxygen atoms in total. The lowest BCUT2D eigenvalue weighted by atomic mass is 10.2. The number of rotatable bonds is 7. The Hall–Kier alpha value is -1.95. The number of anilines is 2. The highest BCUT2D eigenvalue weighted by atomic mass is 79.9. The van der Waals surface area contributed by atoms with Crippen LogP contribution in [0.2, 0.25) is 0 Å². The summed E-state index contributed by atoms with van der Waals surface area (Å²) in [6, 6.07) is 12.6. The molecule has 0 aliphatic carbocycles. The number of carbonyl (C=O) groups is 1. The van der Waals surface area contributed by atoms with E-state index in [1.165, 1.54) is 28.6 Å². The second kappa shape index (κ2) is 10.3. The number of hydrogen-bond acceptors (Lipinski definition) is 5. The average Bonchev–Trinajstić information content (AvgIpc) is 3.02. The van der Waals surface area contributed by atoms with Crippen molar-refractivity contribution in [2.45, 2.75) is 30.6 Å². The van der Waals surface area contributed by atoms with Crippen molar-refractivity contribution in [3.8, 4) is 0 Å². The Labute approximate surface area is 197 Å². The minimum Gasteiger partial charge on any atom is -0.325 e. The normalized spacial score (nSPS) is 15.7. The molecule has 1 aliphatic heterocycles. The summed E-state index contributed by atoms with van der Waals surface area (Å²) in [5.41, 5.74) is 0.731. The van der Waals surface area contributed by atoms with Gasteiger partial charge in [-0.2, -0.15) is 4.31 Å². The molecule has 0 radical (unpaired) electrons. The number of amides is 1. The van der Waals surface area contributed by atoms with Crippen molar-refractivity contribution < 1.29 is 21.6 Å². The number of sulfonamides is 2. The number of halogens is 1. The summed E-state index contributed by atoms with van der Waals surface area (Å²) in [6.07, 6.45) is 4.79. The molecule has 0 aromatic heterocycles. The van der Waals surface area contributed by atoms with E-state index in [1.807, 2.05) is 0 Å². The summed E-state index contributed by atoms with van der Waals surface area (Å²) >= 11 is 3.31.